The van der Waals surface area contributed by atoms with Crippen LogP contribution in [0.2, 0.25) is 0 Å². The summed E-state index contributed by atoms with van der Waals surface area (Å²) in [7, 11) is 0. The maximum Gasteiger partial charge on any atom is 0.416 e. The van der Waals surface area contributed by atoms with Crippen LogP contribution >= 0.6 is 11.8 Å². The number of hydrogen-bond donors (Lipinski definition) is 2. The van der Waals surface area contributed by atoms with E-state index in [4.69, 9.17) is 0 Å². The van der Waals surface area contributed by atoms with Gasteiger partial charge in [0, 0.05) is 17.1 Å². The third-order valence-corrected chi connectivity index (χ3v) is 6.09. The van der Waals surface area contributed by atoms with Crippen molar-refractivity contribution in [3.63, 3.8) is 0 Å². The Hall–Kier alpha value is -4.00. The molecule has 4 rings (SSSR count). The Morgan fingerprint density at radius 1 is 0.789 bits per heavy atom. The molecule has 6 nitrogen and oxygen atoms in total. The van der Waals surface area contributed by atoms with Gasteiger partial charge in [-0.05, 0) is 48.5 Å². The first kappa shape index (κ1) is 27.0. The van der Waals surface area contributed by atoms with Gasteiger partial charge < -0.3 is 10.6 Å². The number of hydrogen-bond acceptors (Lipinski definition) is 5. The number of anilines is 2. The fraction of sp³-hybridized carbons (Fsp3) is 0.160. The van der Waals surface area contributed by atoms with Gasteiger partial charge in [-0.2, -0.15) is 26.3 Å². The summed E-state index contributed by atoms with van der Waals surface area (Å²) < 4.78 is 79.6. The number of nitrogens with zero attached hydrogens (tertiary/aromatic N) is 3. The number of nitrogens with one attached hydrogen (secondary N) is 2. The molecule has 0 spiro atoms. The first-order chi connectivity index (χ1) is 18.0. The molecule has 3 aromatic carbocycles. The summed E-state index contributed by atoms with van der Waals surface area (Å²) in [5.74, 6) is -0.364. The number of amides is 1. The van der Waals surface area contributed by atoms with Crippen molar-refractivity contribution in [2.24, 2.45) is 0 Å². The SMILES string of the molecule is O=C(CSc1nnc(CNc2cccc(C(F)(F)F)c2)n1-c1ccccc1)Nc1cccc(C(F)(F)F)c1. The molecule has 0 fully saturated rings. The Bertz CT molecular complexity index is 1410. The second-order valence-corrected chi connectivity index (χ2v) is 8.86. The molecule has 4 aromatic rings. The van der Waals surface area contributed by atoms with Crippen molar-refractivity contribution in [1.29, 1.82) is 0 Å². The average molecular weight is 552 g/mol. The summed E-state index contributed by atoms with van der Waals surface area (Å²) in [4.78, 5) is 12.5. The molecule has 0 radical (unpaired) electrons. The smallest absolute Gasteiger partial charge is 0.378 e. The Morgan fingerprint density at radius 3 is 2.03 bits per heavy atom. The molecule has 2 N–H and O–H groups in total. The Kier molecular flexibility index (Phi) is 7.95. The number of carbonyl (C=O) groups is 1. The molecule has 1 heterocycles. The van der Waals surface area contributed by atoms with Crippen LogP contribution in [-0.4, -0.2) is 26.4 Å². The van der Waals surface area contributed by atoms with Crippen molar-refractivity contribution >= 4 is 29.0 Å². The van der Waals surface area contributed by atoms with Crippen molar-refractivity contribution in [1.82, 2.24) is 14.8 Å². The number of benzene rings is 3. The first-order valence-corrected chi connectivity index (χ1v) is 12.0. The predicted octanol–water partition coefficient (Wildman–Crippen LogP) is 6.65. The minimum atomic E-state index is -4.54. The molecule has 0 bridgehead atoms. The number of rotatable bonds is 8. The van der Waals surface area contributed by atoms with Gasteiger partial charge in [0.05, 0.1) is 23.4 Å². The maximum atomic E-state index is 13.0. The van der Waals surface area contributed by atoms with Crippen molar-refractivity contribution in [2.75, 3.05) is 16.4 Å². The summed E-state index contributed by atoms with van der Waals surface area (Å²) >= 11 is 1.01. The molecular weight excluding hydrogens is 532 g/mol. The van der Waals surface area contributed by atoms with Gasteiger partial charge in [-0.15, -0.1) is 10.2 Å². The van der Waals surface area contributed by atoms with E-state index in [0.717, 1.165) is 36.0 Å². The summed E-state index contributed by atoms with van der Waals surface area (Å²) in [6.07, 6.45) is -9.03. The number of carbonyl (C=O) groups excluding carboxylic acids is 1. The van der Waals surface area contributed by atoms with Crippen molar-refractivity contribution in [3.05, 3.63) is 95.8 Å². The Balaban J connectivity index is 1.49. The van der Waals surface area contributed by atoms with Crippen LogP contribution in [0.4, 0.5) is 37.7 Å². The second-order valence-electron chi connectivity index (χ2n) is 7.92. The van der Waals surface area contributed by atoms with Gasteiger partial charge >= 0.3 is 12.4 Å². The van der Waals surface area contributed by atoms with E-state index >= 15 is 0 Å². The van der Waals surface area contributed by atoms with Crippen LogP contribution < -0.4 is 10.6 Å². The lowest BCUT2D eigenvalue weighted by molar-refractivity contribution is -0.138. The van der Waals surface area contributed by atoms with Crippen LogP contribution in [0.5, 0.6) is 0 Å². The quantitative estimate of drug-likeness (QED) is 0.190. The highest BCUT2D eigenvalue weighted by molar-refractivity contribution is 7.99. The Labute approximate surface area is 217 Å². The van der Waals surface area contributed by atoms with E-state index in [0.29, 0.717) is 16.7 Å². The minimum Gasteiger partial charge on any atom is -0.378 e. The molecule has 0 unspecified atom stereocenters. The van der Waals surface area contributed by atoms with Crippen LogP contribution in [0.1, 0.15) is 17.0 Å². The van der Waals surface area contributed by atoms with Gasteiger partial charge in [-0.25, -0.2) is 0 Å². The van der Waals surface area contributed by atoms with Crippen LogP contribution in [0.15, 0.2) is 84.0 Å². The highest BCUT2D eigenvalue weighted by Crippen LogP contribution is 2.32. The molecule has 0 saturated heterocycles. The molecule has 0 aliphatic heterocycles. The fourth-order valence-electron chi connectivity index (χ4n) is 3.43. The molecule has 1 aromatic heterocycles. The highest BCUT2D eigenvalue weighted by atomic mass is 32.2. The maximum absolute atomic E-state index is 13.0. The third kappa shape index (κ3) is 6.85. The van der Waals surface area contributed by atoms with Crippen LogP contribution in [0.3, 0.4) is 0 Å². The number of para-hydroxylation sites is 1. The molecular formula is C25H19F6N5OS. The van der Waals surface area contributed by atoms with Crippen LogP contribution in [-0.2, 0) is 23.7 Å². The fourth-order valence-corrected chi connectivity index (χ4v) is 4.20. The summed E-state index contributed by atoms with van der Waals surface area (Å²) in [5, 5.41) is 13.9. The van der Waals surface area contributed by atoms with Gasteiger partial charge in [0.25, 0.3) is 0 Å². The lowest BCUT2D eigenvalue weighted by atomic mass is 10.2. The van der Waals surface area contributed by atoms with Crippen molar-refractivity contribution < 1.29 is 31.1 Å². The van der Waals surface area contributed by atoms with E-state index < -0.39 is 29.4 Å². The topological polar surface area (TPSA) is 71.8 Å². The molecule has 13 heteroatoms. The summed E-state index contributed by atoms with van der Waals surface area (Å²) in [6, 6.07) is 17.9. The van der Waals surface area contributed by atoms with Gasteiger partial charge in [0.15, 0.2) is 11.0 Å². The molecule has 0 aliphatic carbocycles. The molecule has 0 atom stereocenters. The van der Waals surface area contributed by atoms with Gasteiger partial charge in [0.2, 0.25) is 5.91 Å². The molecule has 0 saturated carbocycles. The van der Waals surface area contributed by atoms with Gasteiger partial charge in [-0.1, -0.05) is 42.1 Å². The highest BCUT2D eigenvalue weighted by Gasteiger charge is 2.31. The van der Waals surface area contributed by atoms with Crippen LogP contribution in [0.25, 0.3) is 5.69 Å². The van der Waals surface area contributed by atoms with E-state index in [9.17, 15) is 31.1 Å². The molecule has 0 aliphatic rings. The number of aromatic nitrogens is 3. The molecule has 38 heavy (non-hydrogen) atoms. The zero-order valence-corrected chi connectivity index (χ0v) is 20.2. The number of thioether (sulfide) groups is 1. The van der Waals surface area contributed by atoms with E-state index in [2.05, 4.69) is 20.8 Å². The lowest BCUT2D eigenvalue weighted by Crippen LogP contribution is -2.15. The largest absolute Gasteiger partial charge is 0.416 e. The zero-order chi connectivity index (χ0) is 27.3. The van der Waals surface area contributed by atoms with Gasteiger partial charge in [0.1, 0.15) is 0 Å². The summed E-state index contributed by atoms with van der Waals surface area (Å²) in [6.45, 7) is 0.0280. The summed E-state index contributed by atoms with van der Waals surface area (Å²) in [5.41, 5.74) is -0.795. The predicted molar refractivity (Wildman–Crippen MR) is 131 cm³/mol. The van der Waals surface area contributed by atoms with E-state index in [-0.39, 0.29) is 23.7 Å². The number of halogens is 6. The third-order valence-electron chi connectivity index (χ3n) is 5.16. The molecule has 1 amide bonds. The zero-order valence-electron chi connectivity index (χ0n) is 19.3. The minimum absolute atomic E-state index is 0.000859. The van der Waals surface area contributed by atoms with E-state index in [1.54, 1.807) is 34.9 Å². The second kappa shape index (κ2) is 11.2. The van der Waals surface area contributed by atoms with Crippen LogP contribution in [0, 0.1) is 0 Å². The molecule has 198 valence electrons. The standard InChI is InChI=1S/C25H19F6N5OS/c26-24(27,28)16-6-4-8-18(12-16)32-14-21-34-35-23(36(21)20-10-2-1-3-11-20)38-15-22(37)33-19-9-5-7-17(13-19)25(29,30)31/h1-13,32H,14-15H2,(H,33,37). The van der Waals surface area contributed by atoms with Gasteiger partial charge in [-0.3, -0.25) is 9.36 Å². The average Bonchev–Trinajstić information content (AvgIpc) is 3.29. The first-order valence-electron chi connectivity index (χ1n) is 11.0. The monoisotopic (exact) mass is 551 g/mol. The van der Waals surface area contributed by atoms with E-state index in [1.165, 1.54) is 24.3 Å². The number of alkyl halides is 6. The lowest BCUT2D eigenvalue weighted by Gasteiger charge is -2.13. The van der Waals surface area contributed by atoms with Crippen molar-refractivity contribution in [3.8, 4) is 5.69 Å². The normalized spacial score (nSPS) is 11.8. The van der Waals surface area contributed by atoms with Crippen molar-refractivity contribution in [2.45, 2.75) is 24.1 Å². The van der Waals surface area contributed by atoms with E-state index in [1.807, 2.05) is 0 Å². The Morgan fingerprint density at radius 2 is 1.39 bits per heavy atom.